The van der Waals surface area contributed by atoms with E-state index in [2.05, 4.69) is 24.0 Å². The van der Waals surface area contributed by atoms with Gasteiger partial charge in [0, 0.05) is 11.4 Å². The zero-order valence-electron chi connectivity index (χ0n) is 5.26. The number of hydrogen-bond donors (Lipinski definition) is 0. The molecule has 1 aliphatic rings. The molecular formula is C8H7N. The lowest BCUT2D eigenvalue weighted by atomic mass is 10.2. The molecule has 0 N–H and O–H groups in total. The molecule has 0 spiro atoms. The highest BCUT2D eigenvalue weighted by Crippen LogP contribution is 1.88. The predicted octanol–water partition coefficient (Wildman–Crippen LogP) is 0.366. The van der Waals surface area contributed by atoms with E-state index in [9.17, 15) is 0 Å². The summed E-state index contributed by atoms with van der Waals surface area (Å²) in [5.74, 6) is 0. The minimum absolute atomic E-state index is 1.13. The Labute approximate surface area is 53.4 Å². The normalized spacial score (nSPS) is 12.6. The van der Waals surface area contributed by atoms with Crippen LogP contribution >= 0.6 is 0 Å². The van der Waals surface area contributed by atoms with Crippen molar-refractivity contribution >= 4 is 6.20 Å². The van der Waals surface area contributed by atoms with Crippen LogP contribution < -0.4 is 10.6 Å². The Balaban J connectivity index is 2.88. The molecule has 1 aromatic rings. The third kappa shape index (κ3) is 0.578. The molecule has 1 aliphatic heterocycles. The van der Waals surface area contributed by atoms with Crippen LogP contribution in [0.1, 0.15) is 5.56 Å². The molecule has 0 fully saturated rings. The van der Waals surface area contributed by atoms with Crippen molar-refractivity contribution in [2.24, 2.45) is 4.99 Å². The van der Waals surface area contributed by atoms with Gasteiger partial charge >= 0.3 is 0 Å². The number of benzene rings is 1. The lowest BCUT2D eigenvalue weighted by Crippen LogP contribution is -2.30. The lowest BCUT2D eigenvalue weighted by Gasteiger charge is -1.97. The van der Waals surface area contributed by atoms with Crippen molar-refractivity contribution in [1.82, 2.24) is 0 Å². The number of hydrogen-bond acceptors (Lipinski definition) is 1. The highest BCUT2D eigenvalue weighted by Gasteiger charge is 1.92. The Morgan fingerprint density at radius 1 is 1.33 bits per heavy atom. The zero-order valence-corrected chi connectivity index (χ0v) is 5.26. The molecule has 0 aliphatic carbocycles. The van der Waals surface area contributed by atoms with Crippen LogP contribution in [-0.4, -0.2) is 0 Å². The minimum Gasteiger partial charge on any atom is -0.255 e. The fourth-order valence-corrected chi connectivity index (χ4v) is 0.968. The second-order valence-corrected chi connectivity index (χ2v) is 2.32. The lowest BCUT2D eigenvalue weighted by molar-refractivity contribution is 1.24. The van der Waals surface area contributed by atoms with E-state index in [0.717, 1.165) is 5.36 Å². The van der Waals surface area contributed by atoms with Gasteiger partial charge in [0.15, 0.2) is 0 Å². The molecule has 2 rings (SSSR count). The van der Waals surface area contributed by atoms with Crippen LogP contribution in [0.3, 0.4) is 0 Å². The van der Waals surface area contributed by atoms with E-state index < -0.39 is 0 Å². The average Bonchev–Trinajstić information content (AvgIpc) is 1.78. The Bertz CT molecular complexity index is 349. The van der Waals surface area contributed by atoms with Gasteiger partial charge in [-0.3, -0.25) is 4.99 Å². The largest absolute Gasteiger partial charge is 0.255 e. The van der Waals surface area contributed by atoms with E-state index in [4.69, 9.17) is 0 Å². The van der Waals surface area contributed by atoms with Crippen molar-refractivity contribution in [3.63, 3.8) is 0 Å². The topological polar surface area (TPSA) is 12.4 Å². The van der Waals surface area contributed by atoms with Crippen molar-refractivity contribution in [3.8, 4) is 0 Å². The highest BCUT2D eigenvalue weighted by atomic mass is 14.7. The molecule has 1 heterocycles. The fourth-order valence-electron chi connectivity index (χ4n) is 0.968. The predicted molar refractivity (Wildman–Crippen MR) is 36.4 cm³/mol. The summed E-state index contributed by atoms with van der Waals surface area (Å²) in [5.41, 5.74) is 1.31. The van der Waals surface area contributed by atoms with Gasteiger partial charge in [0.05, 0.1) is 5.36 Å². The molecule has 44 valence electrons. The summed E-state index contributed by atoms with van der Waals surface area (Å²) in [7, 11) is 0. The molecule has 0 amide bonds. The molecular weight excluding hydrogens is 110 g/mol. The summed E-state index contributed by atoms with van der Waals surface area (Å²) in [6.45, 7) is 2.09. The van der Waals surface area contributed by atoms with Crippen LogP contribution in [0, 0.1) is 6.92 Å². The van der Waals surface area contributed by atoms with Gasteiger partial charge in [0.1, 0.15) is 0 Å². The van der Waals surface area contributed by atoms with E-state index in [1.54, 1.807) is 0 Å². The maximum Gasteiger partial charge on any atom is 0.0717 e. The van der Waals surface area contributed by atoms with Gasteiger partial charge in [0.25, 0.3) is 0 Å². The molecule has 0 atom stereocenters. The van der Waals surface area contributed by atoms with Gasteiger partial charge < -0.3 is 0 Å². The summed E-state index contributed by atoms with van der Waals surface area (Å²) in [6, 6.07) is 6.27. The number of rotatable bonds is 0. The third-order valence-electron chi connectivity index (χ3n) is 1.53. The van der Waals surface area contributed by atoms with E-state index >= 15 is 0 Å². The maximum atomic E-state index is 4.05. The Morgan fingerprint density at radius 3 is 2.67 bits per heavy atom. The van der Waals surface area contributed by atoms with Crippen molar-refractivity contribution in [2.45, 2.75) is 6.92 Å². The Kier molecular flexibility index (Phi) is 0.758. The fraction of sp³-hybridized carbons (Fsp3) is 0.125. The van der Waals surface area contributed by atoms with Crippen molar-refractivity contribution in [2.75, 3.05) is 0 Å². The van der Waals surface area contributed by atoms with Crippen LogP contribution in [0.15, 0.2) is 23.2 Å². The molecule has 0 unspecified atom stereocenters. The smallest absolute Gasteiger partial charge is 0.0717 e. The summed E-state index contributed by atoms with van der Waals surface area (Å²) in [5, 5.41) is 2.40. The summed E-state index contributed by atoms with van der Waals surface area (Å²) in [4.78, 5) is 4.05. The van der Waals surface area contributed by atoms with E-state index in [1.807, 2.05) is 12.3 Å². The molecule has 9 heavy (non-hydrogen) atoms. The van der Waals surface area contributed by atoms with Gasteiger partial charge in [-0.2, -0.15) is 0 Å². The molecule has 1 aromatic carbocycles. The second kappa shape index (κ2) is 1.44. The molecule has 1 heteroatoms. The van der Waals surface area contributed by atoms with Gasteiger partial charge in [-0.1, -0.05) is 11.6 Å². The van der Waals surface area contributed by atoms with Gasteiger partial charge in [-0.15, -0.1) is 0 Å². The Morgan fingerprint density at radius 2 is 2.22 bits per heavy atom. The number of aryl methyl sites for hydroxylation is 1. The average molecular weight is 117 g/mol. The molecule has 0 saturated carbocycles. The summed E-state index contributed by atoms with van der Waals surface area (Å²) >= 11 is 0. The number of fused-ring (bicyclic) bond motifs is 1. The maximum absolute atomic E-state index is 4.05. The SMILES string of the molecule is Cc1ccc2c(c1)=CN=2. The van der Waals surface area contributed by atoms with Crippen LogP contribution in [-0.2, 0) is 0 Å². The monoisotopic (exact) mass is 117 g/mol. The second-order valence-electron chi connectivity index (χ2n) is 2.32. The molecule has 0 bridgehead atoms. The van der Waals surface area contributed by atoms with Crippen LogP contribution in [0.5, 0.6) is 0 Å². The first-order chi connectivity index (χ1) is 4.36. The van der Waals surface area contributed by atoms with Crippen molar-refractivity contribution < 1.29 is 0 Å². The molecule has 0 aromatic heterocycles. The first-order valence-corrected chi connectivity index (χ1v) is 3.01. The zero-order chi connectivity index (χ0) is 6.27. The first-order valence-electron chi connectivity index (χ1n) is 3.01. The van der Waals surface area contributed by atoms with E-state index in [0.29, 0.717) is 0 Å². The van der Waals surface area contributed by atoms with Gasteiger partial charge in [0.2, 0.25) is 0 Å². The van der Waals surface area contributed by atoms with E-state index in [1.165, 1.54) is 10.8 Å². The van der Waals surface area contributed by atoms with Gasteiger partial charge in [-0.25, -0.2) is 0 Å². The van der Waals surface area contributed by atoms with Crippen molar-refractivity contribution in [3.05, 3.63) is 34.3 Å². The van der Waals surface area contributed by atoms with Crippen molar-refractivity contribution in [1.29, 1.82) is 0 Å². The molecule has 0 saturated heterocycles. The van der Waals surface area contributed by atoms with E-state index in [-0.39, 0.29) is 0 Å². The molecule has 1 nitrogen and oxygen atoms in total. The molecule has 0 radical (unpaired) electrons. The van der Waals surface area contributed by atoms with Crippen LogP contribution in [0.25, 0.3) is 6.20 Å². The minimum atomic E-state index is 1.13. The standard InChI is InChI=1S/C8H7N/c1-6-2-3-8-7(4-6)5-9-8/h2-5H,1H3. The van der Waals surface area contributed by atoms with Crippen LogP contribution in [0.4, 0.5) is 0 Å². The van der Waals surface area contributed by atoms with Gasteiger partial charge in [-0.05, 0) is 19.1 Å². The first kappa shape index (κ1) is 4.74. The summed E-state index contributed by atoms with van der Waals surface area (Å²) < 4.78 is 0. The quantitative estimate of drug-likeness (QED) is 0.465. The number of nitrogens with zero attached hydrogens (tertiary/aromatic N) is 1. The highest BCUT2D eigenvalue weighted by molar-refractivity contribution is 5.32. The summed E-state index contributed by atoms with van der Waals surface area (Å²) in [6.07, 6.45) is 1.89. The van der Waals surface area contributed by atoms with Crippen LogP contribution in [0.2, 0.25) is 0 Å². The Hall–Kier alpha value is -1.11. The third-order valence-corrected chi connectivity index (χ3v) is 1.53.